The fourth-order valence-corrected chi connectivity index (χ4v) is 3.22. The van der Waals surface area contributed by atoms with E-state index in [0.29, 0.717) is 11.1 Å². The summed E-state index contributed by atoms with van der Waals surface area (Å²) in [5.74, 6) is -1.57. The van der Waals surface area contributed by atoms with Crippen molar-refractivity contribution < 1.29 is 9.59 Å². The van der Waals surface area contributed by atoms with Gasteiger partial charge in [-0.05, 0) is 5.56 Å². The van der Waals surface area contributed by atoms with E-state index in [2.05, 4.69) is 6.07 Å². The number of rotatable bonds is 4. The van der Waals surface area contributed by atoms with Gasteiger partial charge in [0.2, 0.25) is 0 Å². The molecule has 0 saturated carbocycles. The lowest BCUT2D eigenvalue weighted by Gasteiger charge is -2.24. The minimum absolute atomic E-state index is 0.145. The predicted molar refractivity (Wildman–Crippen MR) is 87.0 cm³/mol. The van der Waals surface area contributed by atoms with Gasteiger partial charge in [0.1, 0.15) is 5.41 Å². The lowest BCUT2D eigenvalue weighted by molar-refractivity contribution is 0.0812. The molecule has 0 saturated heterocycles. The molecule has 0 amide bonds. The van der Waals surface area contributed by atoms with Crippen LogP contribution in [0.3, 0.4) is 0 Å². The zero-order chi connectivity index (χ0) is 17.2. The smallest absolute Gasteiger partial charge is 0.185 e. The third-order valence-corrected chi connectivity index (χ3v) is 4.57. The summed E-state index contributed by atoms with van der Waals surface area (Å²) in [5.41, 5.74) is 0.236. The summed E-state index contributed by atoms with van der Waals surface area (Å²) in [6.45, 7) is 0. The van der Waals surface area contributed by atoms with E-state index in [-0.39, 0.29) is 24.4 Å². The van der Waals surface area contributed by atoms with E-state index in [1.807, 2.05) is 6.07 Å². The van der Waals surface area contributed by atoms with Crippen LogP contribution in [0.25, 0.3) is 0 Å². The minimum Gasteiger partial charge on any atom is -0.294 e. The van der Waals surface area contributed by atoms with Gasteiger partial charge >= 0.3 is 0 Å². The summed E-state index contributed by atoms with van der Waals surface area (Å²) in [5, 5.41) is 19.3. The molecule has 2 aromatic rings. The van der Waals surface area contributed by atoms with Crippen molar-refractivity contribution in [3.8, 4) is 12.1 Å². The number of hydrogen-bond donors (Lipinski definition) is 0. The van der Waals surface area contributed by atoms with Crippen LogP contribution < -0.4 is 0 Å². The first kappa shape index (κ1) is 15.6. The van der Waals surface area contributed by atoms with Crippen molar-refractivity contribution in [2.45, 2.75) is 12.8 Å². The third kappa shape index (κ3) is 2.39. The van der Waals surface area contributed by atoms with E-state index >= 15 is 0 Å². The van der Waals surface area contributed by atoms with Crippen LogP contribution in [-0.4, -0.2) is 11.6 Å². The van der Waals surface area contributed by atoms with Crippen molar-refractivity contribution >= 4 is 11.6 Å². The second kappa shape index (κ2) is 6.10. The molecule has 2 atom stereocenters. The number of Topliss-reactive ketones (excluding diaryl/α,β-unsaturated/α-hetero) is 2. The summed E-state index contributed by atoms with van der Waals surface area (Å²) in [6.07, 6.45) is 0.0343. The summed E-state index contributed by atoms with van der Waals surface area (Å²) < 4.78 is 0. The minimum atomic E-state index is -1.48. The van der Waals surface area contributed by atoms with E-state index in [0.717, 1.165) is 5.56 Å². The van der Waals surface area contributed by atoms with Crippen molar-refractivity contribution in [2.24, 2.45) is 11.3 Å². The van der Waals surface area contributed by atoms with E-state index in [1.165, 1.54) is 0 Å². The van der Waals surface area contributed by atoms with Crippen LogP contribution in [0.15, 0.2) is 54.6 Å². The molecular formula is C20H14N2O2. The second-order valence-corrected chi connectivity index (χ2v) is 5.92. The number of nitrogens with zero attached hydrogens (tertiary/aromatic N) is 2. The summed E-state index contributed by atoms with van der Waals surface area (Å²) in [4.78, 5) is 25.2. The molecule has 0 heterocycles. The lowest BCUT2D eigenvalue weighted by Crippen LogP contribution is -2.36. The quantitative estimate of drug-likeness (QED) is 0.810. The largest absolute Gasteiger partial charge is 0.294 e. The second-order valence-electron chi connectivity index (χ2n) is 5.92. The average molecular weight is 314 g/mol. The molecule has 24 heavy (non-hydrogen) atoms. The van der Waals surface area contributed by atoms with Crippen molar-refractivity contribution in [1.29, 1.82) is 10.5 Å². The number of benzene rings is 2. The molecule has 0 radical (unpaired) electrons. The van der Waals surface area contributed by atoms with Crippen LogP contribution >= 0.6 is 0 Å². The van der Waals surface area contributed by atoms with Gasteiger partial charge in [0.25, 0.3) is 0 Å². The molecule has 0 bridgehead atoms. The van der Waals surface area contributed by atoms with Crippen LogP contribution in [0.5, 0.6) is 0 Å². The van der Waals surface area contributed by atoms with Crippen molar-refractivity contribution in [3.05, 3.63) is 71.3 Å². The Morgan fingerprint density at radius 1 is 1.08 bits per heavy atom. The molecule has 1 aliphatic rings. The Bertz CT molecular complexity index is 890. The molecule has 4 nitrogen and oxygen atoms in total. The SMILES string of the molecule is N#C[C@@H](CC(=O)c1ccccc1)[C@]1(C#N)Cc2ccccc2C1=O. The highest BCUT2D eigenvalue weighted by Crippen LogP contribution is 2.43. The van der Waals surface area contributed by atoms with Gasteiger partial charge in [0, 0.05) is 24.0 Å². The molecule has 0 fully saturated rings. The van der Waals surface area contributed by atoms with Crippen molar-refractivity contribution in [2.75, 3.05) is 0 Å². The number of carbonyl (C=O) groups excluding carboxylic acids is 2. The molecule has 0 aliphatic heterocycles. The number of fused-ring (bicyclic) bond motifs is 1. The van der Waals surface area contributed by atoms with Gasteiger partial charge in [0.05, 0.1) is 18.1 Å². The monoisotopic (exact) mass is 314 g/mol. The highest BCUT2D eigenvalue weighted by molar-refractivity contribution is 6.07. The van der Waals surface area contributed by atoms with Gasteiger partial charge in [-0.3, -0.25) is 9.59 Å². The fraction of sp³-hybridized carbons (Fsp3) is 0.200. The zero-order valence-corrected chi connectivity index (χ0v) is 12.9. The Hall–Kier alpha value is -3.24. The molecule has 1 aliphatic carbocycles. The molecule has 2 aromatic carbocycles. The maximum atomic E-state index is 12.8. The van der Waals surface area contributed by atoms with Crippen molar-refractivity contribution in [3.63, 3.8) is 0 Å². The fourth-order valence-electron chi connectivity index (χ4n) is 3.22. The molecule has 0 N–H and O–H groups in total. The van der Waals surface area contributed by atoms with Crippen LogP contribution in [0.1, 0.15) is 32.7 Å². The molecule has 4 heteroatoms. The van der Waals surface area contributed by atoms with Crippen LogP contribution in [0.2, 0.25) is 0 Å². The zero-order valence-electron chi connectivity index (χ0n) is 12.9. The topological polar surface area (TPSA) is 81.7 Å². The molecule has 0 spiro atoms. The number of nitriles is 2. The first-order valence-corrected chi connectivity index (χ1v) is 7.64. The van der Waals surface area contributed by atoms with E-state index in [4.69, 9.17) is 0 Å². The molecule has 116 valence electrons. The summed E-state index contributed by atoms with van der Waals surface area (Å²) in [6, 6.07) is 19.7. The Morgan fingerprint density at radius 2 is 1.75 bits per heavy atom. The highest BCUT2D eigenvalue weighted by atomic mass is 16.1. The first-order valence-electron chi connectivity index (χ1n) is 7.64. The van der Waals surface area contributed by atoms with E-state index in [1.54, 1.807) is 54.6 Å². The maximum absolute atomic E-state index is 12.8. The molecule has 0 unspecified atom stereocenters. The normalized spacial score (nSPS) is 19.8. The first-order chi connectivity index (χ1) is 11.6. The van der Waals surface area contributed by atoms with Gasteiger partial charge in [-0.1, -0.05) is 54.6 Å². The van der Waals surface area contributed by atoms with E-state index in [9.17, 15) is 20.1 Å². The number of carbonyl (C=O) groups is 2. The molecular weight excluding hydrogens is 300 g/mol. The van der Waals surface area contributed by atoms with Gasteiger partial charge in [0.15, 0.2) is 11.6 Å². The van der Waals surface area contributed by atoms with Gasteiger partial charge in [-0.2, -0.15) is 10.5 Å². The Kier molecular flexibility index (Phi) is 3.98. The molecule has 3 rings (SSSR count). The van der Waals surface area contributed by atoms with Gasteiger partial charge in [-0.15, -0.1) is 0 Å². The van der Waals surface area contributed by atoms with Gasteiger partial charge < -0.3 is 0 Å². The van der Waals surface area contributed by atoms with Crippen LogP contribution in [0.4, 0.5) is 0 Å². The third-order valence-electron chi connectivity index (χ3n) is 4.57. The van der Waals surface area contributed by atoms with E-state index < -0.39 is 11.3 Å². The average Bonchev–Trinajstić information content (AvgIpc) is 2.93. The summed E-state index contributed by atoms with van der Waals surface area (Å²) in [7, 11) is 0. The standard InChI is InChI=1S/C20H14N2O2/c21-12-16(10-18(23)14-6-2-1-3-7-14)20(13-22)11-15-8-4-5-9-17(15)19(20)24/h1-9,16H,10-11H2/t16-,20-/m1/s1. The predicted octanol–water partition coefficient (Wildman–Crippen LogP) is 3.35. The Morgan fingerprint density at radius 3 is 2.38 bits per heavy atom. The summed E-state index contributed by atoms with van der Waals surface area (Å²) >= 11 is 0. The van der Waals surface area contributed by atoms with Crippen molar-refractivity contribution in [1.82, 2.24) is 0 Å². The maximum Gasteiger partial charge on any atom is 0.185 e. The number of ketones is 2. The van der Waals surface area contributed by atoms with Gasteiger partial charge in [-0.25, -0.2) is 0 Å². The number of hydrogen-bond acceptors (Lipinski definition) is 4. The van der Waals surface area contributed by atoms with Crippen LogP contribution in [-0.2, 0) is 6.42 Å². The highest BCUT2D eigenvalue weighted by Gasteiger charge is 2.52. The Balaban J connectivity index is 1.93. The lowest BCUT2D eigenvalue weighted by atomic mass is 9.71. The molecule has 0 aromatic heterocycles. The Labute approximate surface area is 140 Å². The van der Waals surface area contributed by atoms with Crippen LogP contribution in [0, 0.1) is 34.0 Å².